The van der Waals surface area contributed by atoms with Gasteiger partial charge in [-0.1, -0.05) is 6.92 Å². The zero-order chi connectivity index (χ0) is 10.8. The highest BCUT2D eigenvalue weighted by molar-refractivity contribution is 5.67. The maximum absolute atomic E-state index is 10.5. The number of aromatic nitrogens is 2. The van der Waals surface area contributed by atoms with Crippen molar-refractivity contribution in [2.75, 3.05) is 0 Å². The Labute approximate surface area is 88.9 Å². The van der Waals surface area contributed by atoms with E-state index in [-0.39, 0.29) is 6.42 Å². The number of carbonyl (C=O) groups is 1. The van der Waals surface area contributed by atoms with Crippen LogP contribution in [-0.4, -0.2) is 20.6 Å². The molecule has 1 aromatic rings. The van der Waals surface area contributed by atoms with Gasteiger partial charge < -0.3 is 9.67 Å². The second-order valence-electron chi connectivity index (χ2n) is 4.32. The lowest BCUT2D eigenvalue weighted by Gasteiger charge is -2.21. The second-order valence-corrected chi connectivity index (χ2v) is 4.32. The van der Waals surface area contributed by atoms with E-state index in [0.29, 0.717) is 12.3 Å². The molecule has 1 aromatic heterocycles. The summed E-state index contributed by atoms with van der Waals surface area (Å²) in [5, 5.41) is 8.63. The number of rotatable bonds is 3. The summed E-state index contributed by atoms with van der Waals surface area (Å²) in [7, 11) is 0. The number of carboxylic acid groups (broad SMARTS) is 1. The highest BCUT2D eigenvalue weighted by atomic mass is 16.4. The Hall–Kier alpha value is -1.32. The second kappa shape index (κ2) is 4.04. The summed E-state index contributed by atoms with van der Waals surface area (Å²) in [6, 6.07) is 0. The molecule has 2 heterocycles. The molecule has 0 radical (unpaired) electrons. The van der Waals surface area contributed by atoms with Gasteiger partial charge in [-0.3, -0.25) is 4.79 Å². The molecule has 0 aliphatic carbocycles. The maximum atomic E-state index is 10.5. The van der Waals surface area contributed by atoms with Gasteiger partial charge in [0.05, 0.1) is 18.4 Å². The summed E-state index contributed by atoms with van der Waals surface area (Å²) >= 11 is 0. The zero-order valence-corrected chi connectivity index (χ0v) is 8.94. The minimum atomic E-state index is -0.749. The van der Waals surface area contributed by atoms with E-state index in [9.17, 15) is 4.79 Å². The standard InChI is InChI=1S/C11H16N2O2/c1-8-4-5-13-7-12-9(10(13)6-8)2-3-11(14)15/h7-8H,2-6H2,1H3,(H,14,15). The fourth-order valence-corrected chi connectivity index (χ4v) is 2.10. The van der Waals surface area contributed by atoms with Crippen LogP contribution >= 0.6 is 0 Å². The number of hydrogen-bond donors (Lipinski definition) is 1. The molecule has 1 atom stereocenters. The number of imidazole rings is 1. The quantitative estimate of drug-likeness (QED) is 0.818. The first-order valence-electron chi connectivity index (χ1n) is 5.41. The fraction of sp³-hybridized carbons (Fsp3) is 0.636. The monoisotopic (exact) mass is 208 g/mol. The first kappa shape index (κ1) is 10.2. The van der Waals surface area contributed by atoms with Gasteiger partial charge in [0.1, 0.15) is 0 Å². The van der Waals surface area contributed by atoms with Gasteiger partial charge in [0.15, 0.2) is 0 Å². The van der Waals surface area contributed by atoms with E-state index in [2.05, 4.69) is 16.5 Å². The Kier molecular flexibility index (Phi) is 2.75. The molecule has 0 amide bonds. The van der Waals surface area contributed by atoms with Crippen molar-refractivity contribution in [1.29, 1.82) is 0 Å². The van der Waals surface area contributed by atoms with Gasteiger partial charge in [-0.25, -0.2) is 4.98 Å². The lowest BCUT2D eigenvalue weighted by atomic mass is 9.96. The van der Waals surface area contributed by atoms with Gasteiger partial charge in [0.25, 0.3) is 0 Å². The Morgan fingerprint density at radius 3 is 3.27 bits per heavy atom. The highest BCUT2D eigenvalue weighted by Gasteiger charge is 2.19. The van der Waals surface area contributed by atoms with Gasteiger partial charge in [-0.2, -0.15) is 0 Å². The zero-order valence-electron chi connectivity index (χ0n) is 8.94. The molecule has 0 fully saturated rings. The SMILES string of the molecule is CC1CCn2cnc(CCC(=O)O)c2C1. The topological polar surface area (TPSA) is 55.1 Å². The van der Waals surface area contributed by atoms with Crippen LogP contribution in [-0.2, 0) is 24.2 Å². The molecule has 82 valence electrons. The molecule has 1 aliphatic rings. The van der Waals surface area contributed by atoms with E-state index in [1.165, 1.54) is 12.1 Å². The van der Waals surface area contributed by atoms with Crippen LogP contribution in [0.3, 0.4) is 0 Å². The fourth-order valence-electron chi connectivity index (χ4n) is 2.10. The first-order chi connectivity index (χ1) is 7.16. The van der Waals surface area contributed by atoms with Crippen molar-refractivity contribution in [3.63, 3.8) is 0 Å². The van der Waals surface area contributed by atoms with Crippen molar-refractivity contribution in [3.05, 3.63) is 17.7 Å². The summed E-state index contributed by atoms with van der Waals surface area (Å²) in [4.78, 5) is 14.8. The average Bonchev–Trinajstić information content (AvgIpc) is 2.57. The van der Waals surface area contributed by atoms with E-state index in [1.54, 1.807) is 0 Å². The van der Waals surface area contributed by atoms with Crippen molar-refractivity contribution in [2.45, 2.75) is 39.2 Å². The summed E-state index contributed by atoms with van der Waals surface area (Å²) in [5.74, 6) is -0.0571. The molecule has 1 N–H and O–H groups in total. The van der Waals surface area contributed by atoms with Crippen LogP contribution in [0.4, 0.5) is 0 Å². The summed E-state index contributed by atoms with van der Waals surface area (Å²) in [6.07, 6.45) is 4.82. The molecule has 1 aliphatic heterocycles. The molecule has 2 rings (SSSR count). The van der Waals surface area contributed by atoms with Gasteiger partial charge >= 0.3 is 5.97 Å². The minimum Gasteiger partial charge on any atom is -0.481 e. The van der Waals surface area contributed by atoms with Crippen LogP contribution < -0.4 is 0 Å². The normalized spacial score (nSPS) is 19.9. The number of carboxylic acids is 1. The predicted octanol–water partition coefficient (Wildman–Crippen LogP) is 1.48. The minimum absolute atomic E-state index is 0.179. The lowest BCUT2D eigenvalue weighted by Crippen LogP contribution is -2.17. The molecule has 0 bridgehead atoms. The molecule has 4 heteroatoms. The van der Waals surface area contributed by atoms with Crippen LogP contribution in [0.1, 0.15) is 31.2 Å². The van der Waals surface area contributed by atoms with Gasteiger partial charge in [0.2, 0.25) is 0 Å². The van der Waals surface area contributed by atoms with E-state index in [1.807, 2.05) is 6.33 Å². The Morgan fingerprint density at radius 1 is 1.73 bits per heavy atom. The number of fused-ring (bicyclic) bond motifs is 1. The van der Waals surface area contributed by atoms with E-state index in [4.69, 9.17) is 5.11 Å². The number of nitrogens with zero attached hydrogens (tertiary/aromatic N) is 2. The molecule has 4 nitrogen and oxygen atoms in total. The summed E-state index contributed by atoms with van der Waals surface area (Å²) in [5.41, 5.74) is 2.22. The molecule has 0 aromatic carbocycles. The van der Waals surface area contributed by atoms with E-state index < -0.39 is 5.97 Å². The third kappa shape index (κ3) is 2.19. The number of aryl methyl sites for hydroxylation is 2. The largest absolute Gasteiger partial charge is 0.481 e. The predicted molar refractivity (Wildman–Crippen MR) is 55.7 cm³/mol. The van der Waals surface area contributed by atoms with Gasteiger partial charge in [-0.05, 0) is 18.8 Å². The molecular formula is C11H16N2O2. The van der Waals surface area contributed by atoms with Gasteiger partial charge in [-0.15, -0.1) is 0 Å². The van der Waals surface area contributed by atoms with E-state index >= 15 is 0 Å². The maximum Gasteiger partial charge on any atom is 0.303 e. The third-order valence-electron chi connectivity index (χ3n) is 3.01. The number of hydrogen-bond acceptors (Lipinski definition) is 2. The van der Waals surface area contributed by atoms with Crippen molar-refractivity contribution >= 4 is 5.97 Å². The average molecular weight is 208 g/mol. The van der Waals surface area contributed by atoms with Crippen LogP contribution in [0.25, 0.3) is 0 Å². The summed E-state index contributed by atoms with van der Waals surface area (Å²) < 4.78 is 2.16. The van der Waals surface area contributed by atoms with Crippen LogP contribution in [0.5, 0.6) is 0 Å². The lowest BCUT2D eigenvalue weighted by molar-refractivity contribution is -0.136. The Morgan fingerprint density at radius 2 is 2.53 bits per heavy atom. The van der Waals surface area contributed by atoms with Crippen molar-refractivity contribution in [3.8, 4) is 0 Å². The van der Waals surface area contributed by atoms with Crippen molar-refractivity contribution < 1.29 is 9.90 Å². The van der Waals surface area contributed by atoms with Crippen molar-refractivity contribution in [1.82, 2.24) is 9.55 Å². The molecule has 0 saturated heterocycles. The number of aliphatic carboxylic acids is 1. The molecular weight excluding hydrogens is 192 g/mol. The van der Waals surface area contributed by atoms with Crippen LogP contribution in [0, 0.1) is 5.92 Å². The smallest absolute Gasteiger partial charge is 0.303 e. The Balaban J connectivity index is 2.12. The first-order valence-corrected chi connectivity index (χ1v) is 5.41. The van der Waals surface area contributed by atoms with Crippen LogP contribution in [0.15, 0.2) is 6.33 Å². The molecule has 15 heavy (non-hydrogen) atoms. The van der Waals surface area contributed by atoms with Crippen LogP contribution in [0.2, 0.25) is 0 Å². The molecule has 1 unspecified atom stereocenters. The summed E-state index contributed by atoms with van der Waals surface area (Å²) in [6.45, 7) is 3.26. The van der Waals surface area contributed by atoms with Gasteiger partial charge in [0, 0.05) is 18.7 Å². The molecule has 0 saturated carbocycles. The van der Waals surface area contributed by atoms with Crippen molar-refractivity contribution in [2.24, 2.45) is 5.92 Å². The Bertz CT molecular complexity index is 371. The van der Waals surface area contributed by atoms with E-state index in [0.717, 1.165) is 18.7 Å². The third-order valence-corrected chi connectivity index (χ3v) is 3.01. The molecule has 0 spiro atoms. The highest BCUT2D eigenvalue weighted by Crippen LogP contribution is 2.22.